The lowest BCUT2D eigenvalue weighted by atomic mass is 10.4. The van der Waals surface area contributed by atoms with Crippen molar-refractivity contribution < 1.29 is 14.7 Å². The van der Waals surface area contributed by atoms with Crippen molar-refractivity contribution in [3.8, 4) is 0 Å². The minimum atomic E-state index is -0.945. The van der Waals surface area contributed by atoms with Crippen LogP contribution >= 0.6 is 0 Å². The first-order chi connectivity index (χ1) is 9.11. The molecule has 1 aromatic heterocycles. The van der Waals surface area contributed by atoms with E-state index in [9.17, 15) is 9.59 Å². The molecule has 1 amide bonds. The zero-order chi connectivity index (χ0) is 14.1. The summed E-state index contributed by atoms with van der Waals surface area (Å²) in [4.78, 5) is 27.8. The number of amides is 1. The number of aromatic nitrogens is 1. The fraction of sp³-hybridized carbons (Fsp3) is 0.417. The van der Waals surface area contributed by atoms with Crippen LogP contribution in [0.15, 0.2) is 24.4 Å². The SMILES string of the molecule is CCCN(CC(=O)O)CC(=O)NNc1ccccn1. The third kappa shape index (κ3) is 6.37. The van der Waals surface area contributed by atoms with Gasteiger partial charge in [0.15, 0.2) is 0 Å². The van der Waals surface area contributed by atoms with Gasteiger partial charge in [0, 0.05) is 6.20 Å². The summed E-state index contributed by atoms with van der Waals surface area (Å²) in [7, 11) is 0. The summed E-state index contributed by atoms with van der Waals surface area (Å²) in [6, 6.07) is 5.26. The molecule has 0 aromatic carbocycles. The number of nitrogens with one attached hydrogen (secondary N) is 2. The standard InChI is InChI=1S/C12H18N4O3/c1-2-7-16(9-12(18)19)8-11(17)15-14-10-5-3-4-6-13-10/h3-6H,2,7-9H2,1H3,(H,13,14)(H,15,17)(H,18,19). The Labute approximate surface area is 111 Å². The van der Waals surface area contributed by atoms with Gasteiger partial charge in [0.25, 0.3) is 5.91 Å². The molecular weight excluding hydrogens is 248 g/mol. The number of anilines is 1. The van der Waals surface area contributed by atoms with Crippen molar-refractivity contribution in [1.82, 2.24) is 15.3 Å². The second-order valence-electron chi connectivity index (χ2n) is 3.99. The predicted octanol–water partition coefficient (Wildman–Crippen LogP) is 0.321. The van der Waals surface area contributed by atoms with E-state index >= 15 is 0 Å². The van der Waals surface area contributed by atoms with Crippen molar-refractivity contribution in [1.29, 1.82) is 0 Å². The number of hydrogen-bond donors (Lipinski definition) is 3. The van der Waals surface area contributed by atoms with Crippen molar-refractivity contribution in [2.45, 2.75) is 13.3 Å². The van der Waals surface area contributed by atoms with Gasteiger partial charge in [0.2, 0.25) is 0 Å². The molecule has 1 aromatic rings. The maximum atomic E-state index is 11.6. The van der Waals surface area contributed by atoms with Crippen molar-refractivity contribution in [3.05, 3.63) is 24.4 Å². The molecule has 104 valence electrons. The van der Waals surface area contributed by atoms with Crippen LogP contribution in [0.25, 0.3) is 0 Å². The summed E-state index contributed by atoms with van der Waals surface area (Å²) in [6.45, 7) is 2.37. The monoisotopic (exact) mass is 266 g/mol. The van der Waals surface area contributed by atoms with Crippen LogP contribution in [0, 0.1) is 0 Å². The lowest BCUT2D eigenvalue weighted by Crippen LogP contribution is -2.42. The van der Waals surface area contributed by atoms with Crippen molar-refractivity contribution in [3.63, 3.8) is 0 Å². The Morgan fingerprint density at radius 1 is 1.37 bits per heavy atom. The largest absolute Gasteiger partial charge is 0.480 e. The van der Waals surface area contributed by atoms with Crippen LogP contribution in [0.5, 0.6) is 0 Å². The highest BCUT2D eigenvalue weighted by Gasteiger charge is 2.12. The molecule has 0 unspecified atom stereocenters. The Bertz CT molecular complexity index is 411. The Morgan fingerprint density at radius 2 is 2.16 bits per heavy atom. The number of pyridine rings is 1. The molecule has 0 bridgehead atoms. The normalized spacial score (nSPS) is 10.2. The predicted molar refractivity (Wildman–Crippen MR) is 70.4 cm³/mol. The number of carbonyl (C=O) groups excluding carboxylic acids is 1. The quantitative estimate of drug-likeness (QED) is 0.587. The second-order valence-corrected chi connectivity index (χ2v) is 3.99. The first kappa shape index (κ1) is 14.9. The highest BCUT2D eigenvalue weighted by atomic mass is 16.4. The average Bonchev–Trinajstić information content (AvgIpc) is 2.37. The molecule has 0 fully saturated rings. The highest BCUT2D eigenvalue weighted by molar-refractivity contribution is 5.80. The number of hydrogen-bond acceptors (Lipinski definition) is 5. The average molecular weight is 266 g/mol. The first-order valence-corrected chi connectivity index (χ1v) is 6.02. The minimum Gasteiger partial charge on any atom is -0.480 e. The van der Waals surface area contributed by atoms with Crippen LogP contribution in [0.3, 0.4) is 0 Å². The van der Waals surface area contributed by atoms with Crippen molar-refractivity contribution in [2.75, 3.05) is 25.1 Å². The number of aliphatic carboxylic acids is 1. The highest BCUT2D eigenvalue weighted by Crippen LogP contribution is 1.97. The van der Waals surface area contributed by atoms with Gasteiger partial charge in [0.05, 0.1) is 13.1 Å². The number of carboxylic acid groups (broad SMARTS) is 1. The van der Waals surface area contributed by atoms with Gasteiger partial charge < -0.3 is 5.11 Å². The summed E-state index contributed by atoms with van der Waals surface area (Å²) >= 11 is 0. The van der Waals surface area contributed by atoms with Gasteiger partial charge >= 0.3 is 5.97 Å². The maximum absolute atomic E-state index is 11.6. The Balaban J connectivity index is 2.37. The molecule has 0 spiro atoms. The third-order valence-electron chi connectivity index (χ3n) is 2.26. The number of hydrazine groups is 1. The zero-order valence-corrected chi connectivity index (χ0v) is 10.8. The topological polar surface area (TPSA) is 94.6 Å². The zero-order valence-electron chi connectivity index (χ0n) is 10.8. The Hall–Kier alpha value is -2.15. The Morgan fingerprint density at radius 3 is 2.74 bits per heavy atom. The molecule has 3 N–H and O–H groups in total. The molecular formula is C12H18N4O3. The van der Waals surface area contributed by atoms with Gasteiger partial charge in [-0.05, 0) is 25.1 Å². The van der Waals surface area contributed by atoms with E-state index in [0.29, 0.717) is 12.4 Å². The van der Waals surface area contributed by atoms with E-state index in [0.717, 1.165) is 6.42 Å². The van der Waals surface area contributed by atoms with E-state index in [1.165, 1.54) is 0 Å². The fourth-order valence-electron chi connectivity index (χ4n) is 1.53. The van der Waals surface area contributed by atoms with Crippen LogP contribution in [0.4, 0.5) is 5.82 Å². The number of nitrogens with zero attached hydrogens (tertiary/aromatic N) is 2. The van der Waals surface area contributed by atoms with Crippen molar-refractivity contribution in [2.24, 2.45) is 0 Å². The van der Waals surface area contributed by atoms with Gasteiger partial charge in [-0.15, -0.1) is 0 Å². The summed E-state index contributed by atoms with van der Waals surface area (Å²) in [5.74, 6) is -0.726. The van der Waals surface area contributed by atoms with Crippen LogP contribution in [-0.4, -0.2) is 46.5 Å². The summed E-state index contributed by atoms with van der Waals surface area (Å²) in [5, 5.41) is 8.73. The fourth-order valence-corrected chi connectivity index (χ4v) is 1.53. The van der Waals surface area contributed by atoms with E-state index in [1.54, 1.807) is 29.3 Å². The van der Waals surface area contributed by atoms with Crippen LogP contribution in [0.1, 0.15) is 13.3 Å². The van der Waals surface area contributed by atoms with Crippen LogP contribution < -0.4 is 10.9 Å². The molecule has 0 atom stereocenters. The summed E-state index contributed by atoms with van der Waals surface area (Å²) < 4.78 is 0. The molecule has 0 saturated heterocycles. The van der Waals surface area contributed by atoms with E-state index in [1.807, 2.05) is 6.92 Å². The van der Waals surface area contributed by atoms with E-state index in [4.69, 9.17) is 5.11 Å². The number of rotatable bonds is 8. The molecule has 0 aliphatic heterocycles. The van der Waals surface area contributed by atoms with E-state index < -0.39 is 5.97 Å². The smallest absolute Gasteiger partial charge is 0.317 e. The molecule has 0 saturated carbocycles. The third-order valence-corrected chi connectivity index (χ3v) is 2.26. The van der Waals surface area contributed by atoms with Crippen LogP contribution in [-0.2, 0) is 9.59 Å². The van der Waals surface area contributed by atoms with Gasteiger partial charge in [-0.25, -0.2) is 4.98 Å². The molecule has 19 heavy (non-hydrogen) atoms. The summed E-state index contributed by atoms with van der Waals surface area (Å²) in [5.41, 5.74) is 5.14. The minimum absolute atomic E-state index is 0.0278. The van der Waals surface area contributed by atoms with Gasteiger partial charge in [-0.3, -0.25) is 25.3 Å². The molecule has 7 heteroatoms. The summed E-state index contributed by atoms with van der Waals surface area (Å²) in [6.07, 6.45) is 2.39. The van der Waals surface area contributed by atoms with Gasteiger partial charge in [0.1, 0.15) is 5.82 Å². The lowest BCUT2D eigenvalue weighted by molar-refractivity contribution is -0.138. The second kappa shape index (κ2) is 8.04. The first-order valence-electron chi connectivity index (χ1n) is 6.02. The van der Waals surface area contributed by atoms with E-state index in [-0.39, 0.29) is 19.0 Å². The molecule has 7 nitrogen and oxygen atoms in total. The molecule has 0 aliphatic rings. The number of carboxylic acids is 1. The van der Waals surface area contributed by atoms with Crippen LogP contribution in [0.2, 0.25) is 0 Å². The number of carbonyl (C=O) groups is 2. The maximum Gasteiger partial charge on any atom is 0.317 e. The molecule has 0 aliphatic carbocycles. The Kier molecular flexibility index (Phi) is 6.31. The lowest BCUT2D eigenvalue weighted by Gasteiger charge is -2.18. The van der Waals surface area contributed by atoms with Crippen molar-refractivity contribution >= 4 is 17.7 Å². The van der Waals surface area contributed by atoms with E-state index in [2.05, 4.69) is 15.8 Å². The van der Waals surface area contributed by atoms with Gasteiger partial charge in [-0.2, -0.15) is 0 Å². The van der Waals surface area contributed by atoms with Gasteiger partial charge in [-0.1, -0.05) is 13.0 Å². The molecule has 1 rings (SSSR count). The molecule has 0 radical (unpaired) electrons. The molecule has 1 heterocycles.